The van der Waals surface area contributed by atoms with Gasteiger partial charge >= 0.3 is 5.97 Å². The number of ether oxygens (including phenoxy) is 2. The van der Waals surface area contributed by atoms with Crippen LogP contribution in [0.5, 0.6) is 5.75 Å². The molecule has 0 saturated carbocycles. The molecule has 1 fully saturated rings. The molecule has 0 bridgehead atoms. The average Bonchev–Trinajstić information content (AvgIpc) is 3.11. The fourth-order valence-electron chi connectivity index (χ4n) is 6.23. The van der Waals surface area contributed by atoms with Crippen LogP contribution in [-0.4, -0.2) is 63.4 Å². The molecule has 10 heteroatoms. The number of carbonyl (C=O) groups is 2. The van der Waals surface area contributed by atoms with E-state index in [4.69, 9.17) is 14.6 Å². The van der Waals surface area contributed by atoms with E-state index in [9.17, 15) is 24.9 Å². The van der Waals surface area contributed by atoms with Gasteiger partial charge in [0, 0.05) is 44.0 Å². The molecular weight excluding hydrogens is 636 g/mol. The van der Waals surface area contributed by atoms with Crippen molar-refractivity contribution in [3.05, 3.63) is 125 Å². The lowest BCUT2D eigenvalue weighted by atomic mass is 9.90. The number of nitrogens with zero attached hydrogens (tertiary/aromatic N) is 1. The fourth-order valence-corrected chi connectivity index (χ4v) is 6.23. The second-order valence-corrected chi connectivity index (χ2v) is 13.0. The Balaban J connectivity index is 1.29. The average molecular weight is 683 g/mol. The quantitative estimate of drug-likeness (QED) is 0.104. The number of likely N-dealkylation sites (N-methyl/N-ethyl adjacent to an activating group) is 1. The van der Waals surface area contributed by atoms with Crippen LogP contribution in [0.2, 0.25) is 0 Å². The van der Waals surface area contributed by atoms with Crippen LogP contribution in [0, 0.1) is 5.92 Å². The molecule has 0 aromatic heterocycles. The van der Waals surface area contributed by atoms with Gasteiger partial charge in [-0.1, -0.05) is 85.8 Å². The SMILES string of the molecule is CC1C(CN(C)CC(O)c2cccc(O)c2)OC(c2ccc(-c3cccc(CNC(=O)CCCC(=O)O)c3)cc2)OC1c1ccc(CO)cc1. The predicted octanol–water partition coefficient (Wildman–Crippen LogP) is 5.88. The highest BCUT2D eigenvalue weighted by Crippen LogP contribution is 2.42. The van der Waals surface area contributed by atoms with Crippen LogP contribution in [0.4, 0.5) is 0 Å². The molecule has 50 heavy (non-hydrogen) atoms. The van der Waals surface area contributed by atoms with Crippen LogP contribution in [0.25, 0.3) is 11.1 Å². The van der Waals surface area contributed by atoms with Crippen molar-refractivity contribution >= 4 is 11.9 Å². The third-order valence-corrected chi connectivity index (χ3v) is 9.08. The summed E-state index contributed by atoms with van der Waals surface area (Å²) in [6.07, 6.45) is -1.52. The number of benzene rings is 4. The zero-order chi connectivity index (χ0) is 35.6. The zero-order valence-electron chi connectivity index (χ0n) is 28.4. The maximum Gasteiger partial charge on any atom is 0.303 e. The minimum Gasteiger partial charge on any atom is -0.508 e. The molecular formula is C40H46N2O8. The maximum atomic E-state index is 12.1. The number of hydrogen-bond donors (Lipinski definition) is 5. The predicted molar refractivity (Wildman–Crippen MR) is 189 cm³/mol. The molecule has 1 aliphatic heterocycles. The second-order valence-electron chi connectivity index (χ2n) is 13.0. The number of nitrogens with one attached hydrogen (secondary N) is 1. The number of rotatable bonds is 15. The number of carboxylic acid groups (broad SMARTS) is 1. The Kier molecular flexibility index (Phi) is 12.8. The van der Waals surface area contributed by atoms with E-state index in [-0.39, 0.29) is 49.2 Å². The third-order valence-electron chi connectivity index (χ3n) is 9.08. The molecule has 5 rings (SSSR count). The number of phenols is 1. The van der Waals surface area contributed by atoms with E-state index in [1.807, 2.05) is 84.7 Å². The van der Waals surface area contributed by atoms with Crippen LogP contribution in [-0.2, 0) is 32.2 Å². The molecule has 5 N–H and O–H groups in total. The number of amides is 1. The smallest absolute Gasteiger partial charge is 0.303 e. The van der Waals surface area contributed by atoms with Gasteiger partial charge in [0.15, 0.2) is 6.29 Å². The van der Waals surface area contributed by atoms with Gasteiger partial charge in [-0.05, 0) is 65.0 Å². The van der Waals surface area contributed by atoms with Crippen molar-refractivity contribution < 1.29 is 39.5 Å². The first-order valence-corrected chi connectivity index (χ1v) is 16.9. The van der Waals surface area contributed by atoms with Crippen molar-refractivity contribution in [2.75, 3.05) is 20.1 Å². The van der Waals surface area contributed by atoms with E-state index >= 15 is 0 Å². The molecule has 1 aliphatic rings. The summed E-state index contributed by atoms with van der Waals surface area (Å²) in [5.74, 6) is -1.02. The Hall–Kier alpha value is -4.58. The number of aliphatic hydroxyl groups is 2. The molecule has 1 heterocycles. The summed E-state index contributed by atoms with van der Waals surface area (Å²) >= 11 is 0. The Morgan fingerprint density at radius 1 is 0.860 bits per heavy atom. The summed E-state index contributed by atoms with van der Waals surface area (Å²) in [7, 11) is 1.94. The summed E-state index contributed by atoms with van der Waals surface area (Å²) in [6, 6.07) is 30.3. The van der Waals surface area contributed by atoms with Crippen LogP contribution < -0.4 is 5.32 Å². The molecule has 1 saturated heterocycles. The molecule has 4 aromatic rings. The Labute approximate surface area is 292 Å². The standard InChI is InChI=1S/C40H46N2O8/c1-26-36(24-42(2)23-35(45)33-8-4-9-34(44)21-33)49-40(50-39(26)30-14-12-27(25-43)13-15-30)31-18-16-29(17-19-31)32-7-3-6-28(20-32)22-41-37(46)10-5-11-38(47)48/h3-4,6-9,12-21,26,35-36,39-40,43-45H,5,10-11,22-25H2,1-2H3,(H,41,46)(H,47,48). The molecule has 264 valence electrons. The van der Waals surface area contributed by atoms with Gasteiger partial charge in [-0.3, -0.25) is 9.59 Å². The van der Waals surface area contributed by atoms with Gasteiger partial charge in [0.1, 0.15) is 5.75 Å². The topological polar surface area (TPSA) is 149 Å². The largest absolute Gasteiger partial charge is 0.508 e. The molecule has 10 nitrogen and oxygen atoms in total. The van der Waals surface area contributed by atoms with E-state index < -0.39 is 18.4 Å². The zero-order valence-corrected chi connectivity index (χ0v) is 28.4. The highest BCUT2D eigenvalue weighted by molar-refractivity contribution is 5.76. The summed E-state index contributed by atoms with van der Waals surface area (Å²) in [5.41, 5.74) is 6.21. The normalized spacial score (nSPS) is 19.6. The summed E-state index contributed by atoms with van der Waals surface area (Å²) in [6.45, 7) is 3.28. The van der Waals surface area contributed by atoms with Gasteiger partial charge in [-0.2, -0.15) is 0 Å². The first kappa shape index (κ1) is 36.7. The summed E-state index contributed by atoms with van der Waals surface area (Å²) < 4.78 is 13.2. The van der Waals surface area contributed by atoms with Crippen LogP contribution in [0.3, 0.4) is 0 Å². The number of phenolic OH excluding ortho intramolecular Hbond substituents is 1. The van der Waals surface area contributed by atoms with Crippen molar-refractivity contribution in [3.8, 4) is 16.9 Å². The lowest BCUT2D eigenvalue weighted by Gasteiger charge is -2.42. The summed E-state index contributed by atoms with van der Waals surface area (Å²) in [4.78, 5) is 24.9. The van der Waals surface area contributed by atoms with E-state index in [1.165, 1.54) is 0 Å². The van der Waals surface area contributed by atoms with E-state index in [0.717, 1.165) is 33.4 Å². The van der Waals surface area contributed by atoms with Gasteiger partial charge in [0.2, 0.25) is 5.91 Å². The van der Waals surface area contributed by atoms with Crippen molar-refractivity contribution in [2.24, 2.45) is 5.92 Å². The first-order valence-electron chi connectivity index (χ1n) is 16.9. The van der Waals surface area contributed by atoms with Gasteiger partial charge in [0.25, 0.3) is 0 Å². The van der Waals surface area contributed by atoms with Crippen LogP contribution in [0.1, 0.15) is 72.5 Å². The minimum atomic E-state index is -0.910. The van der Waals surface area contributed by atoms with Gasteiger partial charge in [-0.15, -0.1) is 0 Å². The number of carbonyl (C=O) groups excluding carboxylic acids is 1. The van der Waals surface area contributed by atoms with Gasteiger partial charge in [0.05, 0.1) is 24.9 Å². The maximum absolute atomic E-state index is 12.1. The van der Waals surface area contributed by atoms with E-state index in [2.05, 4.69) is 12.2 Å². The van der Waals surface area contributed by atoms with E-state index in [0.29, 0.717) is 31.6 Å². The Bertz CT molecular complexity index is 1710. The van der Waals surface area contributed by atoms with Gasteiger partial charge < -0.3 is 40.1 Å². The molecule has 5 unspecified atom stereocenters. The molecule has 0 aliphatic carbocycles. The number of carboxylic acids is 1. The number of aliphatic hydroxyl groups excluding tert-OH is 2. The highest BCUT2D eigenvalue weighted by Gasteiger charge is 2.39. The molecule has 4 aromatic carbocycles. The van der Waals surface area contributed by atoms with Crippen molar-refractivity contribution in [1.29, 1.82) is 0 Å². The molecule has 0 radical (unpaired) electrons. The highest BCUT2D eigenvalue weighted by atomic mass is 16.7. The van der Waals surface area contributed by atoms with Crippen molar-refractivity contribution in [1.82, 2.24) is 10.2 Å². The van der Waals surface area contributed by atoms with Crippen LogP contribution >= 0.6 is 0 Å². The molecule has 0 spiro atoms. The Morgan fingerprint density at radius 2 is 1.58 bits per heavy atom. The number of hydrogen-bond acceptors (Lipinski definition) is 8. The molecule has 5 atom stereocenters. The fraction of sp³-hybridized carbons (Fsp3) is 0.350. The first-order chi connectivity index (χ1) is 24.1. The third kappa shape index (κ3) is 9.99. The number of aliphatic carboxylic acids is 1. The lowest BCUT2D eigenvalue weighted by Crippen LogP contribution is -2.44. The monoisotopic (exact) mass is 682 g/mol. The molecule has 1 amide bonds. The number of aromatic hydroxyl groups is 1. The van der Waals surface area contributed by atoms with Crippen molar-refractivity contribution in [2.45, 2.75) is 63.9 Å². The van der Waals surface area contributed by atoms with Gasteiger partial charge in [-0.25, -0.2) is 0 Å². The van der Waals surface area contributed by atoms with Crippen LogP contribution in [0.15, 0.2) is 97.1 Å². The Morgan fingerprint density at radius 3 is 2.28 bits per heavy atom. The summed E-state index contributed by atoms with van der Waals surface area (Å²) in [5, 5.41) is 42.0. The lowest BCUT2D eigenvalue weighted by molar-refractivity contribution is -0.276. The minimum absolute atomic E-state index is 0.0312. The second kappa shape index (κ2) is 17.4. The van der Waals surface area contributed by atoms with E-state index in [1.54, 1.807) is 24.3 Å². The van der Waals surface area contributed by atoms with Crippen molar-refractivity contribution in [3.63, 3.8) is 0 Å².